The lowest BCUT2D eigenvalue weighted by atomic mass is 9.93. The molecule has 0 saturated carbocycles. The molecular weight excluding hydrogens is 289 g/mol. The van der Waals surface area contributed by atoms with E-state index in [9.17, 15) is 4.39 Å². The molecule has 2 rings (SSSR count). The standard InChI is InChI=1S/C16H22FN3.ClH/c1-16(2,10-18)11-20(3)9-13-8-14(17)7-12-5-4-6-19-15(12)13;/h4-8H,9-11,18H2,1-3H3;1H. The van der Waals surface area contributed by atoms with Crippen molar-refractivity contribution < 1.29 is 4.39 Å². The van der Waals surface area contributed by atoms with Crippen molar-refractivity contribution in [1.82, 2.24) is 9.88 Å². The predicted molar refractivity (Wildman–Crippen MR) is 88.1 cm³/mol. The highest BCUT2D eigenvalue weighted by atomic mass is 35.5. The molecule has 0 aliphatic heterocycles. The van der Waals surface area contributed by atoms with Crippen LogP contribution in [0.15, 0.2) is 30.5 Å². The van der Waals surface area contributed by atoms with Gasteiger partial charge in [0.15, 0.2) is 0 Å². The van der Waals surface area contributed by atoms with Gasteiger partial charge in [0.05, 0.1) is 5.52 Å². The van der Waals surface area contributed by atoms with Crippen LogP contribution >= 0.6 is 12.4 Å². The van der Waals surface area contributed by atoms with E-state index in [0.717, 1.165) is 23.0 Å². The molecule has 0 spiro atoms. The highest BCUT2D eigenvalue weighted by Crippen LogP contribution is 2.21. The fourth-order valence-electron chi connectivity index (χ4n) is 2.49. The van der Waals surface area contributed by atoms with Crippen molar-refractivity contribution in [2.45, 2.75) is 20.4 Å². The molecule has 0 aliphatic rings. The Hall–Kier alpha value is -1.23. The summed E-state index contributed by atoms with van der Waals surface area (Å²) in [4.78, 5) is 6.54. The highest BCUT2D eigenvalue weighted by molar-refractivity contribution is 5.85. The number of pyridine rings is 1. The van der Waals surface area contributed by atoms with Crippen LogP contribution < -0.4 is 5.73 Å². The number of rotatable bonds is 5. The smallest absolute Gasteiger partial charge is 0.124 e. The van der Waals surface area contributed by atoms with Crippen molar-refractivity contribution in [2.24, 2.45) is 11.1 Å². The van der Waals surface area contributed by atoms with Crippen LogP contribution in [0.4, 0.5) is 4.39 Å². The Morgan fingerprint density at radius 2 is 2.05 bits per heavy atom. The van der Waals surface area contributed by atoms with Gasteiger partial charge in [0.25, 0.3) is 0 Å². The summed E-state index contributed by atoms with van der Waals surface area (Å²) < 4.78 is 13.7. The van der Waals surface area contributed by atoms with Crippen LogP contribution in [-0.2, 0) is 6.54 Å². The van der Waals surface area contributed by atoms with Crippen molar-refractivity contribution in [3.05, 3.63) is 41.8 Å². The molecule has 0 aliphatic carbocycles. The molecule has 0 saturated heterocycles. The average Bonchev–Trinajstić information content (AvgIpc) is 2.37. The maximum atomic E-state index is 13.7. The quantitative estimate of drug-likeness (QED) is 0.922. The maximum Gasteiger partial charge on any atom is 0.124 e. The molecule has 3 nitrogen and oxygen atoms in total. The summed E-state index contributed by atoms with van der Waals surface area (Å²) in [5.41, 5.74) is 7.59. The zero-order chi connectivity index (χ0) is 14.8. The van der Waals surface area contributed by atoms with Crippen LogP contribution in [0.5, 0.6) is 0 Å². The molecule has 2 aromatic rings. The first-order chi connectivity index (χ1) is 9.41. The first-order valence-electron chi connectivity index (χ1n) is 6.83. The van der Waals surface area contributed by atoms with Gasteiger partial charge in [-0.25, -0.2) is 4.39 Å². The molecule has 116 valence electrons. The summed E-state index contributed by atoms with van der Waals surface area (Å²) in [5.74, 6) is -0.216. The molecule has 0 bridgehead atoms. The van der Waals surface area contributed by atoms with Gasteiger partial charge < -0.3 is 10.6 Å². The fourth-order valence-corrected chi connectivity index (χ4v) is 2.49. The summed E-state index contributed by atoms with van der Waals surface area (Å²) >= 11 is 0. The summed E-state index contributed by atoms with van der Waals surface area (Å²) in [7, 11) is 2.02. The van der Waals surface area contributed by atoms with E-state index in [-0.39, 0.29) is 23.6 Å². The minimum Gasteiger partial charge on any atom is -0.330 e. The Morgan fingerprint density at radius 1 is 1.33 bits per heavy atom. The van der Waals surface area contributed by atoms with Crippen molar-refractivity contribution in [3.63, 3.8) is 0 Å². The van der Waals surface area contributed by atoms with Gasteiger partial charge in [-0.15, -0.1) is 12.4 Å². The first-order valence-corrected chi connectivity index (χ1v) is 6.83. The van der Waals surface area contributed by atoms with E-state index in [1.54, 1.807) is 12.3 Å². The summed E-state index contributed by atoms with van der Waals surface area (Å²) in [5, 5.41) is 0.842. The summed E-state index contributed by atoms with van der Waals surface area (Å²) in [6, 6.07) is 6.81. The number of fused-ring (bicyclic) bond motifs is 1. The molecule has 21 heavy (non-hydrogen) atoms. The van der Waals surface area contributed by atoms with Gasteiger partial charge in [0, 0.05) is 24.7 Å². The molecule has 0 amide bonds. The monoisotopic (exact) mass is 311 g/mol. The SMILES string of the molecule is CN(Cc1cc(F)cc2cccnc12)CC(C)(C)CN.Cl. The van der Waals surface area contributed by atoms with E-state index < -0.39 is 0 Å². The maximum absolute atomic E-state index is 13.7. The number of nitrogens with two attached hydrogens (primary N) is 1. The van der Waals surface area contributed by atoms with E-state index in [2.05, 4.69) is 23.7 Å². The van der Waals surface area contributed by atoms with Gasteiger partial charge in [0.1, 0.15) is 5.82 Å². The Balaban J connectivity index is 0.00000220. The van der Waals surface area contributed by atoms with Crippen LogP contribution in [0, 0.1) is 11.2 Å². The summed E-state index contributed by atoms with van der Waals surface area (Å²) in [6.45, 7) is 6.40. The van der Waals surface area contributed by atoms with E-state index in [1.165, 1.54) is 6.07 Å². The van der Waals surface area contributed by atoms with Crippen molar-refractivity contribution >= 4 is 23.3 Å². The molecule has 0 radical (unpaired) electrons. The Morgan fingerprint density at radius 3 is 2.71 bits per heavy atom. The van der Waals surface area contributed by atoms with Crippen LogP contribution in [0.2, 0.25) is 0 Å². The lowest BCUT2D eigenvalue weighted by molar-refractivity contribution is 0.210. The molecule has 1 aromatic heterocycles. The Labute approximate surface area is 131 Å². The van der Waals surface area contributed by atoms with Gasteiger partial charge >= 0.3 is 0 Å². The van der Waals surface area contributed by atoms with Gasteiger partial charge in [-0.3, -0.25) is 4.98 Å². The van der Waals surface area contributed by atoms with Crippen molar-refractivity contribution in [1.29, 1.82) is 0 Å². The summed E-state index contributed by atoms with van der Waals surface area (Å²) in [6.07, 6.45) is 1.74. The predicted octanol–water partition coefficient (Wildman–Crippen LogP) is 3.21. The zero-order valence-corrected chi connectivity index (χ0v) is 13.6. The number of hydrogen-bond donors (Lipinski definition) is 1. The number of aromatic nitrogens is 1. The third-order valence-electron chi connectivity index (χ3n) is 3.44. The minimum atomic E-state index is -0.216. The largest absolute Gasteiger partial charge is 0.330 e. The molecule has 0 fully saturated rings. The molecule has 0 atom stereocenters. The van der Waals surface area contributed by atoms with Crippen LogP contribution in [0.25, 0.3) is 10.9 Å². The number of halogens is 2. The third kappa shape index (κ3) is 4.63. The molecule has 2 N–H and O–H groups in total. The molecule has 0 unspecified atom stereocenters. The van der Waals surface area contributed by atoms with Gasteiger partial charge in [0.2, 0.25) is 0 Å². The van der Waals surface area contributed by atoms with Crippen molar-refractivity contribution in [3.8, 4) is 0 Å². The normalized spacial score (nSPS) is 11.7. The van der Waals surface area contributed by atoms with E-state index in [4.69, 9.17) is 5.73 Å². The minimum absolute atomic E-state index is 0. The number of hydrogen-bond acceptors (Lipinski definition) is 3. The van der Waals surface area contributed by atoms with Gasteiger partial charge in [-0.2, -0.15) is 0 Å². The second-order valence-electron chi connectivity index (χ2n) is 6.18. The second-order valence-corrected chi connectivity index (χ2v) is 6.18. The van der Waals surface area contributed by atoms with E-state index in [0.29, 0.717) is 13.1 Å². The first kappa shape index (κ1) is 17.8. The lowest BCUT2D eigenvalue weighted by Crippen LogP contribution is -2.36. The Kier molecular flexibility index (Phi) is 6.08. The third-order valence-corrected chi connectivity index (χ3v) is 3.44. The average molecular weight is 312 g/mol. The van der Waals surface area contributed by atoms with E-state index >= 15 is 0 Å². The number of benzene rings is 1. The van der Waals surface area contributed by atoms with Gasteiger partial charge in [-0.1, -0.05) is 19.9 Å². The number of nitrogens with zero attached hydrogens (tertiary/aromatic N) is 2. The van der Waals surface area contributed by atoms with E-state index in [1.807, 2.05) is 19.2 Å². The molecule has 1 aromatic carbocycles. The molecule has 5 heteroatoms. The molecule has 1 heterocycles. The zero-order valence-electron chi connectivity index (χ0n) is 12.8. The fraction of sp³-hybridized carbons (Fsp3) is 0.438. The second kappa shape index (κ2) is 7.16. The highest BCUT2D eigenvalue weighted by Gasteiger charge is 2.18. The van der Waals surface area contributed by atoms with Crippen LogP contribution in [0.1, 0.15) is 19.4 Å². The van der Waals surface area contributed by atoms with Crippen molar-refractivity contribution in [2.75, 3.05) is 20.1 Å². The van der Waals surface area contributed by atoms with Gasteiger partial charge in [-0.05, 0) is 42.8 Å². The van der Waals surface area contributed by atoms with Crippen LogP contribution in [0.3, 0.4) is 0 Å². The van der Waals surface area contributed by atoms with Crippen LogP contribution in [-0.4, -0.2) is 30.0 Å². The Bertz CT molecular complexity index is 601. The lowest BCUT2D eigenvalue weighted by Gasteiger charge is -2.29. The molecular formula is C16H23ClFN3. The topological polar surface area (TPSA) is 42.2 Å².